The molecule has 10 nitrogen and oxygen atoms in total. The molecule has 10 rings (SSSR count). The van der Waals surface area contributed by atoms with Crippen molar-refractivity contribution in [2.75, 3.05) is 65.4 Å². The van der Waals surface area contributed by atoms with Crippen LogP contribution in [0.2, 0.25) is 0 Å². The molecule has 4 heterocycles. The van der Waals surface area contributed by atoms with E-state index in [4.69, 9.17) is 0 Å². The number of nitrogens with one attached hydrogen (secondary N) is 2. The van der Waals surface area contributed by atoms with Crippen molar-refractivity contribution in [3.05, 3.63) is 168 Å². The molecule has 4 aliphatic rings. The molecular weight excluding hydrogens is 989 g/mol. The summed E-state index contributed by atoms with van der Waals surface area (Å²) in [6.07, 6.45) is 15.6. The molecule has 0 saturated carbocycles. The summed E-state index contributed by atoms with van der Waals surface area (Å²) in [5, 5.41) is 12.0. The number of hydrogen-bond acceptors (Lipinski definition) is 8. The number of rotatable bonds is 22. The van der Waals surface area contributed by atoms with Crippen molar-refractivity contribution in [2.24, 2.45) is 0 Å². The monoisotopic (exact) mass is 1080 g/mol. The Morgan fingerprint density at radius 1 is 0.450 bits per heavy atom. The van der Waals surface area contributed by atoms with Gasteiger partial charge in [0.25, 0.3) is 0 Å². The quantitative estimate of drug-likeness (QED) is 0.0648. The number of nitrogens with zero attached hydrogens (tertiary/aromatic N) is 4. The van der Waals surface area contributed by atoms with Gasteiger partial charge in [-0.25, -0.2) is 0 Å². The molecular formula is C70H90N6O4. The molecule has 0 unspecified atom stereocenters. The van der Waals surface area contributed by atoms with Crippen LogP contribution < -0.4 is 10.6 Å². The average Bonchev–Trinajstić information content (AvgIpc) is 3.77. The van der Waals surface area contributed by atoms with Crippen molar-refractivity contribution >= 4 is 44.9 Å². The lowest BCUT2D eigenvalue weighted by atomic mass is 9.95. The zero-order valence-corrected chi connectivity index (χ0v) is 48.1. The minimum atomic E-state index is -0.196. The average molecular weight is 1080 g/mol. The number of benzene rings is 6. The Balaban J connectivity index is 0.000000194. The second-order valence-corrected chi connectivity index (χ2v) is 23.4. The summed E-state index contributed by atoms with van der Waals surface area (Å²) in [7, 11) is 0. The highest BCUT2D eigenvalue weighted by Gasteiger charge is 2.34. The Morgan fingerprint density at radius 3 is 1.21 bits per heavy atom. The van der Waals surface area contributed by atoms with E-state index in [1.54, 1.807) is 0 Å². The number of Topliss-reactive ketones (excluding diaryl/α,β-unsaturated/α-hetero) is 2. The van der Waals surface area contributed by atoms with Crippen LogP contribution in [-0.4, -0.2) is 133 Å². The van der Waals surface area contributed by atoms with Gasteiger partial charge < -0.3 is 30.2 Å². The summed E-state index contributed by atoms with van der Waals surface area (Å²) in [6.45, 7) is 13.9. The van der Waals surface area contributed by atoms with Gasteiger partial charge in [0.1, 0.15) is 0 Å². The van der Waals surface area contributed by atoms with Gasteiger partial charge in [-0.05, 0) is 148 Å². The van der Waals surface area contributed by atoms with Gasteiger partial charge in [-0.1, -0.05) is 160 Å². The van der Waals surface area contributed by atoms with E-state index in [0.29, 0.717) is 24.7 Å². The molecule has 0 bridgehead atoms. The van der Waals surface area contributed by atoms with E-state index in [2.05, 4.69) is 129 Å². The van der Waals surface area contributed by atoms with Crippen LogP contribution in [0.3, 0.4) is 0 Å². The molecule has 2 amide bonds. The predicted molar refractivity (Wildman–Crippen MR) is 328 cm³/mol. The van der Waals surface area contributed by atoms with Gasteiger partial charge in [0, 0.05) is 87.2 Å². The van der Waals surface area contributed by atoms with E-state index in [0.717, 1.165) is 149 Å². The summed E-state index contributed by atoms with van der Waals surface area (Å²) in [5.74, 6) is 1.49. The first-order chi connectivity index (χ1) is 39.2. The molecule has 10 heteroatoms. The molecule has 4 fully saturated rings. The Labute approximate surface area is 478 Å². The largest absolute Gasteiger partial charge is 0.341 e. The zero-order chi connectivity index (χ0) is 55.5. The summed E-state index contributed by atoms with van der Waals surface area (Å²) in [6, 6.07) is 49.5. The van der Waals surface area contributed by atoms with E-state index >= 15 is 0 Å². The standard InChI is InChI=1S/2C35H45N3O2/c2*1-2-27(28-11-5-3-6-12-28)26-38-24-19-32(36-33(35(38)40)20-23-37-21-9-4-10-22-37)17-18-34(39)31-16-15-29-13-7-8-14-30(29)25-31/h2*3,5-8,11-16,25,27,32-33,36H,2,4,9-10,17-24,26H2,1H3/t27-,32+,33-;27-,32-,33+/m01/s1. The first kappa shape index (κ1) is 58.6. The van der Waals surface area contributed by atoms with Gasteiger partial charge in [0.15, 0.2) is 11.6 Å². The topological polar surface area (TPSA) is 105 Å². The van der Waals surface area contributed by atoms with Crippen LogP contribution in [0.4, 0.5) is 0 Å². The van der Waals surface area contributed by atoms with Crippen molar-refractivity contribution in [1.29, 1.82) is 0 Å². The van der Waals surface area contributed by atoms with Crippen LogP contribution in [0.15, 0.2) is 146 Å². The van der Waals surface area contributed by atoms with Crippen molar-refractivity contribution in [2.45, 2.75) is 153 Å². The van der Waals surface area contributed by atoms with Crippen LogP contribution in [0.25, 0.3) is 21.5 Å². The third-order valence-corrected chi connectivity index (χ3v) is 17.9. The lowest BCUT2D eigenvalue weighted by Gasteiger charge is -2.31. The molecule has 6 aromatic rings. The molecule has 2 N–H and O–H groups in total. The van der Waals surface area contributed by atoms with Crippen molar-refractivity contribution in [3.8, 4) is 0 Å². The fourth-order valence-electron chi connectivity index (χ4n) is 12.9. The van der Waals surface area contributed by atoms with E-state index in [9.17, 15) is 19.2 Å². The lowest BCUT2D eigenvalue weighted by molar-refractivity contribution is -0.134. The number of hydrogen-bond donors (Lipinski definition) is 2. The van der Waals surface area contributed by atoms with Gasteiger partial charge in [-0.15, -0.1) is 0 Å². The summed E-state index contributed by atoms with van der Waals surface area (Å²) < 4.78 is 0. The second-order valence-electron chi connectivity index (χ2n) is 23.4. The number of ketones is 2. The second kappa shape index (κ2) is 30.1. The predicted octanol–water partition coefficient (Wildman–Crippen LogP) is 12.9. The first-order valence-electron chi connectivity index (χ1n) is 30.9. The Hall–Kier alpha value is -6.04. The molecule has 0 radical (unpaired) electrons. The van der Waals surface area contributed by atoms with E-state index < -0.39 is 0 Å². The van der Waals surface area contributed by atoms with Crippen LogP contribution in [0.5, 0.6) is 0 Å². The number of amides is 2. The molecule has 0 aliphatic carbocycles. The maximum atomic E-state index is 13.9. The number of piperidine rings is 2. The summed E-state index contributed by atoms with van der Waals surface area (Å²) in [4.78, 5) is 63.5. The maximum absolute atomic E-state index is 13.9. The van der Waals surface area contributed by atoms with Crippen LogP contribution in [0.1, 0.15) is 160 Å². The minimum absolute atomic E-state index is 0.154. The van der Waals surface area contributed by atoms with Gasteiger partial charge in [0.2, 0.25) is 11.8 Å². The fourth-order valence-corrected chi connectivity index (χ4v) is 12.9. The molecule has 424 valence electrons. The normalized spacial score (nSPS) is 21.3. The number of carbonyl (C=O) groups excluding carboxylic acids is 4. The van der Waals surface area contributed by atoms with Crippen LogP contribution >= 0.6 is 0 Å². The highest BCUT2D eigenvalue weighted by atomic mass is 16.2. The van der Waals surface area contributed by atoms with Gasteiger partial charge in [0.05, 0.1) is 12.1 Å². The van der Waals surface area contributed by atoms with Gasteiger partial charge in [-0.3, -0.25) is 19.2 Å². The van der Waals surface area contributed by atoms with Gasteiger partial charge in [-0.2, -0.15) is 0 Å². The Kier molecular flexibility index (Phi) is 22.1. The molecule has 80 heavy (non-hydrogen) atoms. The zero-order valence-electron chi connectivity index (χ0n) is 48.1. The number of fused-ring (bicyclic) bond motifs is 2. The number of carbonyl (C=O) groups is 4. The fraction of sp³-hybridized carbons (Fsp3) is 0.486. The first-order valence-corrected chi connectivity index (χ1v) is 30.9. The van der Waals surface area contributed by atoms with Gasteiger partial charge >= 0.3 is 0 Å². The summed E-state index contributed by atoms with van der Waals surface area (Å²) in [5.41, 5.74) is 4.16. The lowest BCUT2D eigenvalue weighted by Crippen LogP contribution is -2.48. The third-order valence-electron chi connectivity index (χ3n) is 17.9. The van der Waals surface area contributed by atoms with Crippen LogP contribution in [-0.2, 0) is 9.59 Å². The summed E-state index contributed by atoms with van der Waals surface area (Å²) >= 11 is 0. The van der Waals surface area contributed by atoms with Crippen molar-refractivity contribution < 1.29 is 19.2 Å². The van der Waals surface area contributed by atoms with E-state index in [-0.39, 0.29) is 47.5 Å². The molecule has 0 aromatic heterocycles. The number of likely N-dealkylation sites (tertiary alicyclic amines) is 2. The highest BCUT2D eigenvalue weighted by Crippen LogP contribution is 2.27. The highest BCUT2D eigenvalue weighted by molar-refractivity contribution is 6.00. The molecule has 6 aromatic carbocycles. The maximum Gasteiger partial charge on any atom is 0.239 e. The molecule has 4 saturated heterocycles. The van der Waals surface area contributed by atoms with E-state index in [1.165, 1.54) is 49.7 Å². The minimum Gasteiger partial charge on any atom is -0.341 e. The van der Waals surface area contributed by atoms with Crippen LogP contribution in [0, 0.1) is 0 Å². The Morgan fingerprint density at radius 2 is 0.825 bits per heavy atom. The molecule has 0 spiro atoms. The Bertz CT molecular complexity index is 2700. The van der Waals surface area contributed by atoms with E-state index in [1.807, 2.05) is 60.7 Å². The SMILES string of the molecule is CC[C@@H](CN1CC[C@@H](CCC(=O)c2ccc3ccccc3c2)N[C@@H](CCN2CCCCC2)C1=O)c1ccccc1.CC[C@H](CN1CC[C@@H](CCC(=O)c2ccc3ccccc3c2)N[C@@H](CCN2CCCCC2)C1=O)c1ccccc1. The molecule has 6 atom stereocenters. The third kappa shape index (κ3) is 16.6. The smallest absolute Gasteiger partial charge is 0.239 e. The molecule has 4 aliphatic heterocycles. The van der Waals surface area contributed by atoms with Crippen molar-refractivity contribution in [3.63, 3.8) is 0 Å². The van der Waals surface area contributed by atoms with Crippen molar-refractivity contribution in [1.82, 2.24) is 30.2 Å².